The molecule has 0 aliphatic heterocycles. The SMILES string of the molecule is CCCNC(CCCC(C)C)Cc1ccc(F)cc1F. The van der Waals surface area contributed by atoms with Crippen LogP contribution in [0.4, 0.5) is 8.78 Å². The van der Waals surface area contributed by atoms with Gasteiger partial charge in [0.25, 0.3) is 0 Å². The molecule has 20 heavy (non-hydrogen) atoms. The van der Waals surface area contributed by atoms with E-state index in [4.69, 9.17) is 0 Å². The molecule has 0 saturated carbocycles. The zero-order valence-electron chi connectivity index (χ0n) is 12.9. The molecule has 0 fully saturated rings. The van der Waals surface area contributed by atoms with Gasteiger partial charge < -0.3 is 5.32 Å². The van der Waals surface area contributed by atoms with Gasteiger partial charge in [-0.2, -0.15) is 0 Å². The van der Waals surface area contributed by atoms with Crippen LogP contribution < -0.4 is 5.32 Å². The molecule has 0 aliphatic carbocycles. The normalized spacial score (nSPS) is 12.9. The molecule has 1 nitrogen and oxygen atoms in total. The molecule has 0 saturated heterocycles. The molecule has 0 aliphatic rings. The molecule has 0 amide bonds. The van der Waals surface area contributed by atoms with Gasteiger partial charge in [0, 0.05) is 12.1 Å². The van der Waals surface area contributed by atoms with Crippen LogP contribution in [0.2, 0.25) is 0 Å². The number of rotatable bonds is 9. The first kappa shape index (κ1) is 17.1. The highest BCUT2D eigenvalue weighted by Gasteiger charge is 2.12. The van der Waals surface area contributed by atoms with E-state index in [0.29, 0.717) is 17.9 Å². The van der Waals surface area contributed by atoms with Crippen LogP contribution in [0.25, 0.3) is 0 Å². The van der Waals surface area contributed by atoms with Crippen LogP contribution in [0, 0.1) is 17.6 Å². The van der Waals surface area contributed by atoms with Crippen molar-refractivity contribution in [1.82, 2.24) is 5.32 Å². The number of halogens is 2. The van der Waals surface area contributed by atoms with Gasteiger partial charge in [-0.15, -0.1) is 0 Å². The quantitative estimate of drug-likeness (QED) is 0.692. The number of benzene rings is 1. The zero-order valence-corrected chi connectivity index (χ0v) is 12.9. The predicted molar refractivity (Wildman–Crippen MR) is 80.8 cm³/mol. The van der Waals surface area contributed by atoms with Crippen LogP contribution in [-0.4, -0.2) is 12.6 Å². The van der Waals surface area contributed by atoms with Crippen LogP contribution >= 0.6 is 0 Å². The lowest BCUT2D eigenvalue weighted by Crippen LogP contribution is -2.32. The van der Waals surface area contributed by atoms with Gasteiger partial charge >= 0.3 is 0 Å². The smallest absolute Gasteiger partial charge is 0.129 e. The van der Waals surface area contributed by atoms with E-state index in [9.17, 15) is 8.78 Å². The first-order valence-corrected chi connectivity index (χ1v) is 7.70. The predicted octanol–water partition coefficient (Wildman–Crippen LogP) is 4.70. The van der Waals surface area contributed by atoms with E-state index in [-0.39, 0.29) is 6.04 Å². The highest BCUT2D eigenvalue weighted by Crippen LogP contribution is 2.15. The summed E-state index contributed by atoms with van der Waals surface area (Å²) in [5, 5.41) is 3.47. The fourth-order valence-corrected chi connectivity index (χ4v) is 2.35. The van der Waals surface area contributed by atoms with Crippen molar-refractivity contribution in [3.63, 3.8) is 0 Å². The second-order valence-corrected chi connectivity index (χ2v) is 5.92. The van der Waals surface area contributed by atoms with Crippen molar-refractivity contribution < 1.29 is 8.78 Å². The van der Waals surface area contributed by atoms with Gasteiger partial charge in [-0.05, 0) is 43.4 Å². The summed E-state index contributed by atoms with van der Waals surface area (Å²) in [7, 11) is 0. The number of hydrogen-bond acceptors (Lipinski definition) is 1. The minimum absolute atomic E-state index is 0.272. The Bertz CT molecular complexity index is 391. The first-order chi connectivity index (χ1) is 9.52. The lowest BCUT2D eigenvalue weighted by molar-refractivity contribution is 0.429. The van der Waals surface area contributed by atoms with Gasteiger partial charge in [-0.25, -0.2) is 8.78 Å². The third kappa shape index (κ3) is 6.47. The van der Waals surface area contributed by atoms with E-state index in [1.165, 1.54) is 12.5 Å². The highest BCUT2D eigenvalue weighted by atomic mass is 19.1. The summed E-state index contributed by atoms with van der Waals surface area (Å²) in [6.45, 7) is 7.49. The molecule has 1 atom stereocenters. The van der Waals surface area contributed by atoms with Gasteiger partial charge in [-0.3, -0.25) is 0 Å². The molecule has 0 heterocycles. The standard InChI is InChI=1S/C17H27F2N/c1-4-10-20-16(7-5-6-13(2)3)11-14-8-9-15(18)12-17(14)19/h8-9,12-13,16,20H,4-7,10-11H2,1-3H3. The summed E-state index contributed by atoms with van der Waals surface area (Å²) in [5.74, 6) is -0.245. The number of hydrogen-bond donors (Lipinski definition) is 1. The van der Waals surface area contributed by atoms with Gasteiger partial charge in [0.05, 0.1) is 0 Å². The van der Waals surface area contributed by atoms with E-state index >= 15 is 0 Å². The second-order valence-electron chi connectivity index (χ2n) is 5.92. The number of nitrogens with one attached hydrogen (secondary N) is 1. The Labute approximate surface area is 121 Å². The van der Waals surface area contributed by atoms with Gasteiger partial charge in [0.15, 0.2) is 0 Å². The Kier molecular flexibility index (Phi) is 7.75. The van der Waals surface area contributed by atoms with Crippen molar-refractivity contribution in [2.24, 2.45) is 5.92 Å². The Morgan fingerprint density at radius 2 is 1.90 bits per heavy atom. The second kappa shape index (κ2) is 9.06. The molecule has 1 N–H and O–H groups in total. The topological polar surface area (TPSA) is 12.0 Å². The molecule has 3 heteroatoms. The fraction of sp³-hybridized carbons (Fsp3) is 0.647. The molecule has 0 radical (unpaired) electrons. The first-order valence-electron chi connectivity index (χ1n) is 7.70. The largest absolute Gasteiger partial charge is 0.314 e. The molecular formula is C17H27F2N. The summed E-state index contributed by atoms with van der Waals surface area (Å²) < 4.78 is 26.6. The summed E-state index contributed by atoms with van der Waals surface area (Å²) >= 11 is 0. The van der Waals surface area contributed by atoms with Crippen LogP contribution in [0.3, 0.4) is 0 Å². The van der Waals surface area contributed by atoms with E-state index in [2.05, 4.69) is 26.1 Å². The Morgan fingerprint density at radius 1 is 1.15 bits per heavy atom. The van der Waals surface area contributed by atoms with Gasteiger partial charge in [0.1, 0.15) is 11.6 Å². The molecule has 1 aromatic rings. The molecule has 1 aromatic carbocycles. The maximum Gasteiger partial charge on any atom is 0.129 e. The maximum atomic E-state index is 13.7. The van der Waals surface area contributed by atoms with E-state index < -0.39 is 11.6 Å². The molecule has 1 rings (SSSR count). The monoisotopic (exact) mass is 283 g/mol. The Balaban J connectivity index is 2.58. The minimum Gasteiger partial charge on any atom is -0.314 e. The van der Waals surface area contributed by atoms with Crippen molar-refractivity contribution in [2.75, 3.05) is 6.54 Å². The molecule has 0 aromatic heterocycles. The van der Waals surface area contributed by atoms with Crippen LogP contribution in [0.15, 0.2) is 18.2 Å². The van der Waals surface area contributed by atoms with Crippen LogP contribution in [0.5, 0.6) is 0 Å². The molecular weight excluding hydrogens is 256 g/mol. The van der Waals surface area contributed by atoms with Gasteiger partial charge in [-0.1, -0.05) is 39.7 Å². The Hall–Kier alpha value is -0.960. The summed E-state index contributed by atoms with van der Waals surface area (Å²) in [6, 6.07) is 4.14. The van der Waals surface area contributed by atoms with E-state index in [1.807, 2.05) is 0 Å². The van der Waals surface area contributed by atoms with Gasteiger partial charge in [0.2, 0.25) is 0 Å². The summed E-state index contributed by atoms with van der Waals surface area (Å²) in [6.07, 6.45) is 5.06. The van der Waals surface area contributed by atoms with E-state index in [0.717, 1.165) is 31.9 Å². The van der Waals surface area contributed by atoms with Crippen molar-refractivity contribution in [2.45, 2.75) is 58.9 Å². The molecule has 0 bridgehead atoms. The maximum absolute atomic E-state index is 13.7. The average Bonchev–Trinajstić information content (AvgIpc) is 2.38. The van der Waals surface area contributed by atoms with Crippen molar-refractivity contribution in [3.8, 4) is 0 Å². The van der Waals surface area contributed by atoms with Crippen molar-refractivity contribution in [3.05, 3.63) is 35.4 Å². The third-order valence-electron chi connectivity index (χ3n) is 3.50. The zero-order chi connectivity index (χ0) is 15.0. The Morgan fingerprint density at radius 3 is 2.50 bits per heavy atom. The third-order valence-corrected chi connectivity index (χ3v) is 3.50. The fourth-order valence-electron chi connectivity index (χ4n) is 2.35. The van der Waals surface area contributed by atoms with Crippen molar-refractivity contribution >= 4 is 0 Å². The average molecular weight is 283 g/mol. The minimum atomic E-state index is -0.510. The van der Waals surface area contributed by atoms with Crippen molar-refractivity contribution in [1.29, 1.82) is 0 Å². The van der Waals surface area contributed by atoms with Crippen LogP contribution in [-0.2, 0) is 6.42 Å². The molecule has 114 valence electrons. The molecule has 0 spiro atoms. The lowest BCUT2D eigenvalue weighted by Gasteiger charge is -2.19. The summed E-state index contributed by atoms with van der Waals surface area (Å²) in [4.78, 5) is 0. The van der Waals surface area contributed by atoms with Crippen LogP contribution in [0.1, 0.15) is 52.0 Å². The highest BCUT2D eigenvalue weighted by molar-refractivity contribution is 5.19. The van der Waals surface area contributed by atoms with E-state index in [1.54, 1.807) is 6.07 Å². The lowest BCUT2D eigenvalue weighted by atomic mass is 9.97. The molecule has 1 unspecified atom stereocenters. The summed E-state index contributed by atoms with van der Waals surface area (Å²) in [5.41, 5.74) is 0.601.